The van der Waals surface area contributed by atoms with Crippen LogP contribution in [0, 0.1) is 0 Å². The van der Waals surface area contributed by atoms with E-state index in [9.17, 15) is 14.4 Å². The molecule has 114 valence electrons. The highest BCUT2D eigenvalue weighted by Gasteiger charge is 2.09. The van der Waals surface area contributed by atoms with Gasteiger partial charge in [-0.3, -0.25) is 9.59 Å². The summed E-state index contributed by atoms with van der Waals surface area (Å²) >= 11 is 0. The second kappa shape index (κ2) is 8.04. The first-order valence-corrected chi connectivity index (χ1v) is 6.74. The fraction of sp³-hybridized carbons (Fsp3) is 0.400. The Morgan fingerprint density at radius 2 is 1.76 bits per heavy atom. The summed E-state index contributed by atoms with van der Waals surface area (Å²) in [6, 6.07) is 6.45. The molecule has 0 heterocycles. The van der Waals surface area contributed by atoms with Crippen molar-refractivity contribution in [3.63, 3.8) is 0 Å². The molecule has 0 unspecified atom stereocenters. The number of hydrogen-bond donors (Lipinski definition) is 2. The molecule has 0 spiro atoms. The Morgan fingerprint density at radius 1 is 1.14 bits per heavy atom. The molecule has 21 heavy (non-hydrogen) atoms. The Balaban J connectivity index is 2.49. The molecule has 6 nitrogen and oxygen atoms in total. The normalized spacial score (nSPS) is 10.1. The quantitative estimate of drug-likeness (QED) is 0.782. The van der Waals surface area contributed by atoms with E-state index in [1.807, 2.05) is 0 Å². The second-order valence-electron chi connectivity index (χ2n) is 4.81. The van der Waals surface area contributed by atoms with Crippen molar-refractivity contribution in [1.29, 1.82) is 0 Å². The van der Waals surface area contributed by atoms with Gasteiger partial charge in [-0.1, -0.05) is 0 Å². The SMILES string of the molecule is CC(=O)NCCC(=O)Nc1ccc(C(=O)OC(C)C)cc1. The maximum atomic E-state index is 11.6. The van der Waals surface area contributed by atoms with Crippen molar-refractivity contribution in [1.82, 2.24) is 5.32 Å². The van der Waals surface area contributed by atoms with Gasteiger partial charge in [-0.2, -0.15) is 0 Å². The van der Waals surface area contributed by atoms with E-state index < -0.39 is 5.97 Å². The van der Waals surface area contributed by atoms with Gasteiger partial charge in [0.1, 0.15) is 0 Å². The lowest BCUT2D eigenvalue weighted by molar-refractivity contribution is -0.119. The summed E-state index contributed by atoms with van der Waals surface area (Å²) in [6.45, 7) is 5.25. The Morgan fingerprint density at radius 3 is 2.29 bits per heavy atom. The lowest BCUT2D eigenvalue weighted by Crippen LogP contribution is -2.25. The van der Waals surface area contributed by atoms with Gasteiger partial charge in [-0.25, -0.2) is 4.79 Å². The van der Waals surface area contributed by atoms with Crippen molar-refractivity contribution in [2.75, 3.05) is 11.9 Å². The fourth-order valence-corrected chi connectivity index (χ4v) is 1.55. The third kappa shape index (κ3) is 6.56. The minimum absolute atomic E-state index is 0.171. The maximum absolute atomic E-state index is 11.6. The van der Waals surface area contributed by atoms with E-state index in [0.717, 1.165) is 0 Å². The molecule has 1 rings (SSSR count). The minimum atomic E-state index is -0.395. The van der Waals surface area contributed by atoms with Crippen LogP contribution in [0.4, 0.5) is 5.69 Å². The van der Waals surface area contributed by atoms with Gasteiger partial charge in [0.05, 0.1) is 11.7 Å². The van der Waals surface area contributed by atoms with Crippen LogP contribution in [0.5, 0.6) is 0 Å². The maximum Gasteiger partial charge on any atom is 0.338 e. The zero-order valence-corrected chi connectivity index (χ0v) is 12.4. The van der Waals surface area contributed by atoms with Gasteiger partial charge in [-0.05, 0) is 38.1 Å². The number of amides is 2. The Kier molecular flexibility index (Phi) is 6.39. The van der Waals surface area contributed by atoms with Crippen LogP contribution in [0.15, 0.2) is 24.3 Å². The van der Waals surface area contributed by atoms with E-state index in [1.165, 1.54) is 6.92 Å². The lowest BCUT2D eigenvalue weighted by atomic mass is 10.2. The first kappa shape index (κ1) is 16.7. The standard InChI is InChI=1S/C15H20N2O4/c1-10(2)21-15(20)12-4-6-13(7-5-12)17-14(19)8-9-16-11(3)18/h4-7,10H,8-9H2,1-3H3,(H,16,18)(H,17,19). The molecule has 2 N–H and O–H groups in total. The minimum Gasteiger partial charge on any atom is -0.459 e. The zero-order valence-electron chi connectivity index (χ0n) is 12.4. The van der Waals surface area contributed by atoms with Crippen LogP contribution in [0.1, 0.15) is 37.6 Å². The average Bonchev–Trinajstić information content (AvgIpc) is 2.38. The molecule has 0 aliphatic carbocycles. The van der Waals surface area contributed by atoms with E-state index in [1.54, 1.807) is 38.1 Å². The summed E-state index contributed by atoms with van der Waals surface area (Å²) < 4.78 is 5.07. The molecule has 0 aromatic heterocycles. The summed E-state index contributed by atoms with van der Waals surface area (Å²) in [4.78, 5) is 33.9. The lowest BCUT2D eigenvalue weighted by Gasteiger charge is -2.09. The summed E-state index contributed by atoms with van der Waals surface area (Å²) in [7, 11) is 0. The predicted molar refractivity (Wildman–Crippen MR) is 78.9 cm³/mol. The van der Waals surface area contributed by atoms with Crippen LogP contribution in [0.3, 0.4) is 0 Å². The number of ether oxygens (including phenoxy) is 1. The molecule has 6 heteroatoms. The van der Waals surface area contributed by atoms with Gasteiger partial charge in [0.2, 0.25) is 11.8 Å². The molecule has 0 aliphatic heterocycles. The Hall–Kier alpha value is -2.37. The monoisotopic (exact) mass is 292 g/mol. The molecule has 0 aliphatic rings. The summed E-state index contributed by atoms with van der Waals surface area (Å²) in [6.07, 6.45) is 0.0159. The number of anilines is 1. The molecule has 0 atom stereocenters. The molecule has 1 aromatic carbocycles. The van der Waals surface area contributed by atoms with E-state index in [0.29, 0.717) is 17.8 Å². The molecular formula is C15H20N2O4. The topological polar surface area (TPSA) is 84.5 Å². The van der Waals surface area contributed by atoms with Crippen LogP contribution in [-0.2, 0) is 14.3 Å². The highest BCUT2D eigenvalue weighted by molar-refractivity contribution is 5.93. The van der Waals surface area contributed by atoms with Crippen LogP contribution in [-0.4, -0.2) is 30.4 Å². The third-order valence-electron chi connectivity index (χ3n) is 2.47. The van der Waals surface area contributed by atoms with Gasteiger partial charge in [0, 0.05) is 25.6 Å². The molecule has 2 amide bonds. The molecule has 0 saturated carbocycles. The third-order valence-corrected chi connectivity index (χ3v) is 2.47. The van der Waals surface area contributed by atoms with Crippen molar-refractivity contribution in [2.45, 2.75) is 33.3 Å². The van der Waals surface area contributed by atoms with Crippen LogP contribution in [0.25, 0.3) is 0 Å². The summed E-state index contributed by atoms with van der Waals surface area (Å²) in [5, 5.41) is 5.22. The first-order chi connectivity index (χ1) is 9.88. The van der Waals surface area contributed by atoms with E-state index in [-0.39, 0.29) is 24.3 Å². The molecule has 0 radical (unpaired) electrons. The number of benzene rings is 1. The van der Waals surface area contributed by atoms with Gasteiger partial charge >= 0.3 is 5.97 Å². The number of hydrogen-bond acceptors (Lipinski definition) is 4. The number of esters is 1. The first-order valence-electron chi connectivity index (χ1n) is 6.74. The van der Waals surface area contributed by atoms with Gasteiger partial charge < -0.3 is 15.4 Å². The van der Waals surface area contributed by atoms with Crippen molar-refractivity contribution < 1.29 is 19.1 Å². The molecular weight excluding hydrogens is 272 g/mol. The number of nitrogens with one attached hydrogen (secondary N) is 2. The Labute approximate surface area is 123 Å². The molecule has 0 fully saturated rings. The van der Waals surface area contributed by atoms with Crippen molar-refractivity contribution in [2.24, 2.45) is 0 Å². The largest absolute Gasteiger partial charge is 0.459 e. The van der Waals surface area contributed by atoms with Crippen molar-refractivity contribution in [3.8, 4) is 0 Å². The molecule has 0 bridgehead atoms. The number of carbonyl (C=O) groups is 3. The van der Waals surface area contributed by atoms with Crippen LogP contribution in [0.2, 0.25) is 0 Å². The number of rotatable bonds is 6. The zero-order chi connectivity index (χ0) is 15.8. The van der Waals surface area contributed by atoms with Gasteiger partial charge in [-0.15, -0.1) is 0 Å². The molecule has 0 saturated heterocycles. The molecule has 1 aromatic rings. The highest BCUT2D eigenvalue weighted by Crippen LogP contribution is 2.11. The fourth-order valence-electron chi connectivity index (χ4n) is 1.55. The number of carbonyl (C=O) groups excluding carboxylic acids is 3. The Bertz CT molecular complexity index is 509. The van der Waals surface area contributed by atoms with Gasteiger partial charge in [0.25, 0.3) is 0 Å². The van der Waals surface area contributed by atoms with E-state index in [4.69, 9.17) is 4.74 Å². The summed E-state index contributed by atoms with van der Waals surface area (Å²) in [5.41, 5.74) is 1.02. The van der Waals surface area contributed by atoms with Crippen LogP contribution < -0.4 is 10.6 Å². The van der Waals surface area contributed by atoms with Crippen molar-refractivity contribution in [3.05, 3.63) is 29.8 Å². The smallest absolute Gasteiger partial charge is 0.338 e. The highest BCUT2D eigenvalue weighted by atomic mass is 16.5. The van der Waals surface area contributed by atoms with E-state index in [2.05, 4.69) is 10.6 Å². The van der Waals surface area contributed by atoms with Gasteiger partial charge in [0.15, 0.2) is 0 Å². The average molecular weight is 292 g/mol. The predicted octanol–water partition coefficient (Wildman–Crippen LogP) is 1.72. The van der Waals surface area contributed by atoms with E-state index >= 15 is 0 Å². The van der Waals surface area contributed by atoms with Crippen molar-refractivity contribution >= 4 is 23.5 Å². The second-order valence-corrected chi connectivity index (χ2v) is 4.81. The van der Waals surface area contributed by atoms with Crippen LogP contribution >= 0.6 is 0 Å². The summed E-state index contributed by atoms with van der Waals surface area (Å²) in [5.74, 6) is -0.773.